The fraction of sp³-hybridized carbons (Fsp3) is 0.448. The number of hydrogen-bond acceptors (Lipinski definition) is 5. The smallest absolute Gasteiger partial charge is 0.170 e. The molecule has 2 aliphatic rings. The zero-order valence-corrected chi connectivity index (χ0v) is 23.2. The van der Waals surface area contributed by atoms with E-state index in [4.69, 9.17) is 21.9 Å². The van der Waals surface area contributed by atoms with E-state index < -0.39 is 0 Å². The summed E-state index contributed by atoms with van der Waals surface area (Å²) in [5.74, 6) is 0. The van der Waals surface area contributed by atoms with E-state index in [0.29, 0.717) is 0 Å². The third-order valence-electron chi connectivity index (χ3n) is 7.59. The first-order valence-corrected chi connectivity index (χ1v) is 13.6. The minimum Gasteiger partial charge on any atom is -0.379 e. The highest BCUT2D eigenvalue weighted by Crippen LogP contribution is 2.41. The fourth-order valence-corrected chi connectivity index (χ4v) is 5.99. The number of pyridine rings is 1. The molecule has 2 aliphatic heterocycles. The molecule has 2 fully saturated rings. The standard InChI is InChI=1S/C29H38N6OS/c1-21-20-25(22(2)35(21)24-11-9-23(10-12-24)32(3)4)28-27(26-8-5-6-13-30-26)31-29(37)34(28)15-7-14-33-16-18-36-19-17-33/h5-6,8-13,20,27-28H,7,14-19H2,1-4H3,(H,31,37)/t27-,28+/m1/s1. The summed E-state index contributed by atoms with van der Waals surface area (Å²) in [6.45, 7) is 10.1. The van der Waals surface area contributed by atoms with Gasteiger partial charge in [-0.25, -0.2) is 0 Å². The second-order valence-corrected chi connectivity index (χ2v) is 10.6. The number of thiocarbonyl (C=S) groups is 1. The number of nitrogens with zero attached hydrogens (tertiary/aromatic N) is 5. The Kier molecular flexibility index (Phi) is 7.79. The second kappa shape index (κ2) is 11.2. The monoisotopic (exact) mass is 518 g/mol. The minimum atomic E-state index is 0.00199. The number of aromatic nitrogens is 2. The highest BCUT2D eigenvalue weighted by molar-refractivity contribution is 7.80. The number of morpholine rings is 1. The lowest BCUT2D eigenvalue weighted by atomic mass is 9.96. The van der Waals surface area contributed by atoms with Gasteiger partial charge in [0.2, 0.25) is 0 Å². The summed E-state index contributed by atoms with van der Waals surface area (Å²) >= 11 is 5.92. The maximum Gasteiger partial charge on any atom is 0.170 e. The predicted octanol–water partition coefficient (Wildman–Crippen LogP) is 4.25. The average Bonchev–Trinajstić information content (AvgIpc) is 3.39. The summed E-state index contributed by atoms with van der Waals surface area (Å²) in [5, 5.41) is 4.43. The van der Waals surface area contributed by atoms with Crippen LogP contribution in [0.2, 0.25) is 0 Å². The third kappa shape index (κ3) is 5.37. The maximum absolute atomic E-state index is 5.92. The highest BCUT2D eigenvalue weighted by atomic mass is 32.1. The van der Waals surface area contributed by atoms with E-state index in [1.54, 1.807) is 0 Å². The molecule has 2 aromatic heterocycles. The molecular formula is C29H38N6OS. The molecule has 2 atom stereocenters. The van der Waals surface area contributed by atoms with Crippen LogP contribution in [0, 0.1) is 13.8 Å². The number of rotatable bonds is 8. The van der Waals surface area contributed by atoms with Crippen molar-refractivity contribution in [2.24, 2.45) is 0 Å². The fourth-order valence-electron chi connectivity index (χ4n) is 5.66. The average molecular weight is 519 g/mol. The van der Waals surface area contributed by atoms with Gasteiger partial charge in [-0.1, -0.05) is 6.07 Å². The van der Waals surface area contributed by atoms with Gasteiger partial charge in [-0.15, -0.1) is 0 Å². The molecule has 0 aliphatic carbocycles. The predicted molar refractivity (Wildman–Crippen MR) is 154 cm³/mol. The molecule has 0 radical (unpaired) electrons. The molecule has 0 unspecified atom stereocenters. The van der Waals surface area contributed by atoms with E-state index in [-0.39, 0.29) is 12.1 Å². The molecule has 5 rings (SSSR count). The molecular weight excluding hydrogens is 480 g/mol. The quantitative estimate of drug-likeness (QED) is 0.448. The lowest BCUT2D eigenvalue weighted by Crippen LogP contribution is -2.39. The van der Waals surface area contributed by atoms with Crippen LogP contribution in [0.1, 0.15) is 41.1 Å². The number of benzene rings is 1. The Morgan fingerprint density at radius 2 is 1.81 bits per heavy atom. The van der Waals surface area contributed by atoms with Crippen molar-refractivity contribution < 1.29 is 4.74 Å². The topological polar surface area (TPSA) is 48.8 Å². The molecule has 0 amide bonds. The Morgan fingerprint density at radius 1 is 1.05 bits per heavy atom. The largest absolute Gasteiger partial charge is 0.379 e. The van der Waals surface area contributed by atoms with Gasteiger partial charge >= 0.3 is 0 Å². The van der Waals surface area contributed by atoms with Crippen LogP contribution in [0.5, 0.6) is 0 Å². The number of anilines is 1. The lowest BCUT2D eigenvalue weighted by Gasteiger charge is -2.30. The molecule has 3 aromatic rings. The molecule has 1 N–H and O–H groups in total. The van der Waals surface area contributed by atoms with Crippen molar-refractivity contribution in [2.45, 2.75) is 32.4 Å². The first-order chi connectivity index (χ1) is 17.9. The van der Waals surface area contributed by atoms with Crippen molar-refractivity contribution in [1.82, 2.24) is 24.7 Å². The van der Waals surface area contributed by atoms with Crippen LogP contribution in [0.3, 0.4) is 0 Å². The molecule has 0 saturated carbocycles. The van der Waals surface area contributed by atoms with Gasteiger partial charge in [-0.2, -0.15) is 0 Å². The van der Waals surface area contributed by atoms with Gasteiger partial charge in [0.25, 0.3) is 0 Å². The van der Waals surface area contributed by atoms with Crippen molar-refractivity contribution >= 4 is 23.0 Å². The van der Waals surface area contributed by atoms with E-state index >= 15 is 0 Å². The van der Waals surface area contributed by atoms with E-state index in [9.17, 15) is 0 Å². The molecule has 7 nitrogen and oxygen atoms in total. The van der Waals surface area contributed by atoms with E-state index in [1.165, 1.54) is 28.3 Å². The van der Waals surface area contributed by atoms with E-state index in [2.05, 4.69) is 95.0 Å². The van der Waals surface area contributed by atoms with Crippen molar-refractivity contribution in [3.63, 3.8) is 0 Å². The summed E-state index contributed by atoms with van der Waals surface area (Å²) in [7, 11) is 4.14. The van der Waals surface area contributed by atoms with Gasteiger partial charge in [-0.3, -0.25) is 9.88 Å². The Balaban J connectivity index is 1.46. The van der Waals surface area contributed by atoms with Gasteiger partial charge in [-0.05, 0) is 80.5 Å². The first kappa shape index (κ1) is 25.7. The van der Waals surface area contributed by atoms with Crippen molar-refractivity contribution in [3.05, 3.63) is 77.4 Å². The summed E-state index contributed by atoms with van der Waals surface area (Å²) in [4.78, 5) is 11.7. The Labute approximate surface area is 226 Å². The number of nitrogens with one attached hydrogen (secondary N) is 1. The molecule has 2 saturated heterocycles. The summed E-state index contributed by atoms with van der Waals surface area (Å²) < 4.78 is 7.88. The molecule has 0 bridgehead atoms. The Hall–Kier alpha value is -2.94. The minimum absolute atomic E-state index is 0.00199. The molecule has 37 heavy (non-hydrogen) atoms. The van der Waals surface area contributed by atoms with Crippen LogP contribution in [0.4, 0.5) is 5.69 Å². The van der Waals surface area contributed by atoms with Gasteiger partial charge in [0.05, 0.1) is 31.0 Å². The number of ether oxygens (including phenoxy) is 1. The van der Waals surface area contributed by atoms with Crippen LogP contribution >= 0.6 is 12.2 Å². The van der Waals surface area contributed by atoms with Gasteiger partial charge in [0.15, 0.2) is 5.11 Å². The molecule has 4 heterocycles. The number of hydrogen-bond donors (Lipinski definition) is 1. The van der Waals surface area contributed by atoms with Crippen molar-refractivity contribution in [3.8, 4) is 5.69 Å². The molecule has 196 valence electrons. The lowest BCUT2D eigenvalue weighted by molar-refractivity contribution is 0.0365. The Bertz CT molecular complexity index is 1200. The third-order valence-corrected chi connectivity index (χ3v) is 7.94. The maximum atomic E-state index is 5.92. The van der Waals surface area contributed by atoms with E-state index in [0.717, 1.165) is 56.6 Å². The van der Waals surface area contributed by atoms with Crippen molar-refractivity contribution in [2.75, 3.05) is 58.4 Å². The normalized spacial score (nSPS) is 20.3. The van der Waals surface area contributed by atoms with Gasteiger partial charge in [0.1, 0.15) is 0 Å². The molecule has 0 spiro atoms. The van der Waals surface area contributed by atoms with Crippen molar-refractivity contribution in [1.29, 1.82) is 0 Å². The second-order valence-electron chi connectivity index (χ2n) is 10.2. The van der Waals surface area contributed by atoms with Crippen LogP contribution in [0.15, 0.2) is 54.7 Å². The Morgan fingerprint density at radius 3 is 2.49 bits per heavy atom. The summed E-state index contributed by atoms with van der Waals surface area (Å²) in [5.41, 5.74) is 7.14. The van der Waals surface area contributed by atoms with Gasteiger partial charge in [0, 0.05) is 69.2 Å². The van der Waals surface area contributed by atoms with Crippen LogP contribution in [-0.2, 0) is 4.74 Å². The van der Waals surface area contributed by atoms with E-state index in [1.807, 2.05) is 12.3 Å². The highest BCUT2D eigenvalue weighted by Gasteiger charge is 2.41. The SMILES string of the molecule is Cc1cc([C@H]2[C@@H](c3ccccn3)NC(=S)N2CCCN2CCOCC2)c(C)n1-c1ccc(N(C)C)cc1. The van der Waals surface area contributed by atoms with Crippen LogP contribution < -0.4 is 10.2 Å². The zero-order valence-electron chi connectivity index (χ0n) is 22.4. The molecule has 8 heteroatoms. The zero-order chi connectivity index (χ0) is 25.9. The summed E-state index contributed by atoms with van der Waals surface area (Å²) in [6, 6.07) is 17.3. The van der Waals surface area contributed by atoms with Gasteiger partial charge < -0.3 is 24.4 Å². The van der Waals surface area contributed by atoms with Crippen LogP contribution in [0.25, 0.3) is 5.69 Å². The van der Waals surface area contributed by atoms with Crippen LogP contribution in [-0.4, -0.2) is 78.0 Å². The number of aryl methyl sites for hydroxylation is 1. The summed E-state index contributed by atoms with van der Waals surface area (Å²) in [6.07, 6.45) is 2.92. The first-order valence-electron chi connectivity index (χ1n) is 13.2. The molecule has 1 aromatic carbocycles.